The lowest BCUT2D eigenvalue weighted by molar-refractivity contribution is -0.123. The van der Waals surface area contributed by atoms with Crippen LogP contribution in [-0.2, 0) is 17.9 Å². The van der Waals surface area contributed by atoms with Gasteiger partial charge in [0.1, 0.15) is 12.3 Å². The van der Waals surface area contributed by atoms with Gasteiger partial charge in [0.2, 0.25) is 0 Å². The molecule has 1 aliphatic heterocycles. The van der Waals surface area contributed by atoms with E-state index in [2.05, 4.69) is 5.32 Å². The normalized spacial score (nSPS) is 14.7. The van der Waals surface area contributed by atoms with E-state index < -0.39 is 11.9 Å². The van der Waals surface area contributed by atoms with Crippen LogP contribution in [0.15, 0.2) is 72.4 Å². The monoisotopic (exact) mass is 466 g/mol. The smallest absolute Gasteiger partial charge is 0.329 e. The highest BCUT2D eigenvalue weighted by molar-refractivity contribution is 6.37. The van der Waals surface area contributed by atoms with Crippen molar-refractivity contribution in [2.24, 2.45) is 0 Å². The summed E-state index contributed by atoms with van der Waals surface area (Å²) in [5.74, 6) is -0.0460. The largest absolute Gasteiger partial charge is 0.486 e. The number of hydrogen-bond acceptors (Lipinski definition) is 3. The molecule has 0 radical (unpaired) electrons. The van der Waals surface area contributed by atoms with E-state index in [0.717, 1.165) is 16.7 Å². The molecule has 0 bridgehead atoms. The number of ether oxygens (including phenoxy) is 1. The predicted molar refractivity (Wildman–Crippen MR) is 125 cm³/mol. The average Bonchev–Trinajstić information content (AvgIpc) is 3.01. The Kier molecular flexibility index (Phi) is 6.49. The molecule has 0 spiro atoms. The third-order valence-corrected chi connectivity index (χ3v) is 5.50. The maximum absolute atomic E-state index is 12.8. The molecule has 162 valence electrons. The second-order valence-electron chi connectivity index (χ2n) is 7.46. The fraction of sp³-hybridized carbons (Fsp3) is 0.120. The van der Waals surface area contributed by atoms with Crippen LogP contribution in [0, 0.1) is 6.92 Å². The second kappa shape index (κ2) is 9.47. The van der Waals surface area contributed by atoms with Crippen LogP contribution in [-0.4, -0.2) is 16.8 Å². The van der Waals surface area contributed by atoms with Gasteiger partial charge < -0.3 is 10.1 Å². The minimum atomic E-state index is -0.470. The molecule has 3 aromatic carbocycles. The van der Waals surface area contributed by atoms with Crippen LogP contribution in [0.4, 0.5) is 4.79 Å². The Hall–Kier alpha value is -3.28. The Balaban J connectivity index is 1.50. The number of hydrogen-bond donors (Lipinski definition) is 1. The van der Waals surface area contributed by atoms with Gasteiger partial charge in [0.15, 0.2) is 5.75 Å². The first-order chi connectivity index (χ1) is 15.4. The van der Waals surface area contributed by atoms with E-state index in [1.807, 2.05) is 61.5 Å². The maximum Gasteiger partial charge on any atom is 0.329 e. The van der Waals surface area contributed by atoms with E-state index in [9.17, 15) is 9.59 Å². The molecule has 0 atom stereocenters. The number of nitrogens with one attached hydrogen (secondary N) is 1. The quantitative estimate of drug-likeness (QED) is 0.359. The van der Waals surface area contributed by atoms with Crippen LogP contribution in [0.5, 0.6) is 5.75 Å². The van der Waals surface area contributed by atoms with Gasteiger partial charge in [-0.2, -0.15) is 0 Å². The number of carbonyl (C=O) groups is 2. The summed E-state index contributed by atoms with van der Waals surface area (Å²) in [5.41, 5.74) is 3.66. The van der Waals surface area contributed by atoms with Gasteiger partial charge in [0, 0.05) is 0 Å². The van der Waals surface area contributed by atoms with Crippen molar-refractivity contribution in [1.82, 2.24) is 10.2 Å². The summed E-state index contributed by atoms with van der Waals surface area (Å²) in [5, 5.41) is 3.25. The molecule has 3 aromatic rings. The number of amides is 3. The number of halogens is 2. The maximum atomic E-state index is 12.8. The first-order valence-electron chi connectivity index (χ1n) is 9.96. The first kappa shape index (κ1) is 21.9. The molecular weight excluding hydrogens is 447 g/mol. The summed E-state index contributed by atoms with van der Waals surface area (Å²) in [6, 6.07) is 20.1. The Labute approximate surface area is 196 Å². The molecule has 5 nitrogen and oxygen atoms in total. The van der Waals surface area contributed by atoms with Crippen LogP contribution >= 0.6 is 23.2 Å². The molecule has 1 fully saturated rings. The molecule has 0 unspecified atom stereocenters. The first-order valence-corrected chi connectivity index (χ1v) is 10.7. The molecule has 1 aliphatic rings. The highest BCUT2D eigenvalue weighted by atomic mass is 35.5. The number of carbonyl (C=O) groups excluding carboxylic acids is 2. The van der Waals surface area contributed by atoms with Crippen LogP contribution < -0.4 is 10.1 Å². The van der Waals surface area contributed by atoms with Crippen molar-refractivity contribution in [2.45, 2.75) is 20.1 Å². The minimum absolute atomic E-state index is 0.160. The molecule has 0 aliphatic carbocycles. The van der Waals surface area contributed by atoms with Crippen molar-refractivity contribution in [3.05, 3.63) is 105 Å². The Morgan fingerprint density at radius 2 is 1.62 bits per heavy atom. The van der Waals surface area contributed by atoms with E-state index in [0.29, 0.717) is 28.0 Å². The molecule has 3 amide bonds. The summed E-state index contributed by atoms with van der Waals surface area (Å²) in [6.45, 7) is 2.47. The highest BCUT2D eigenvalue weighted by Gasteiger charge is 2.33. The van der Waals surface area contributed by atoms with Gasteiger partial charge in [-0.1, -0.05) is 83.4 Å². The Bertz CT molecular complexity index is 1190. The fourth-order valence-electron chi connectivity index (χ4n) is 3.41. The summed E-state index contributed by atoms with van der Waals surface area (Å²) < 4.78 is 5.78. The van der Waals surface area contributed by atoms with E-state index in [1.165, 1.54) is 4.90 Å². The van der Waals surface area contributed by atoms with Gasteiger partial charge in [0.25, 0.3) is 5.91 Å². The van der Waals surface area contributed by atoms with Crippen molar-refractivity contribution in [3.63, 3.8) is 0 Å². The van der Waals surface area contributed by atoms with Gasteiger partial charge in [-0.05, 0) is 41.8 Å². The number of aryl methyl sites for hydroxylation is 1. The zero-order chi connectivity index (χ0) is 22.7. The topological polar surface area (TPSA) is 58.6 Å². The number of imide groups is 1. The molecule has 32 heavy (non-hydrogen) atoms. The number of rotatable bonds is 6. The van der Waals surface area contributed by atoms with Crippen LogP contribution in [0.3, 0.4) is 0 Å². The van der Waals surface area contributed by atoms with Crippen molar-refractivity contribution >= 4 is 41.2 Å². The zero-order valence-electron chi connectivity index (χ0n) is 17.3. The van der Waals surface area contributed by atoms with Gasteiger partial charge in [0.05, 0.1) is 16.6 Å². The lowest BCUT2D eigenvalue weighted by atomic mass is 10.1. The Morgan fingerprint density at radius 3 is 2.31 bits per heavy atom. The van der Waals surface area contributed by atoms with Gasteiger partial charge >= 0.3 is 6.03 Å². The lowest BCUT2D eigenvalue weighted by Gasteiger charge is -2.12. The van der Waals surface area contributed by atoms with Crippen molar-refractivity contribution in [1.29, 1.82) is 0 Å². The molecule has 1 heterocycles. The predicted octanol–water partition coefficient (Wildman–Crippen LogP) is 5.97. The number of nitrogens with zero attached hydrogens (tertiary/aromatic N) is 1. The standard InChI is InChI=1S/C25H20Cl2N2O3/c1-16-6-5-9-18(10-16)14-29-24(30)22(28-25(29)31)13-19-11-20(26)23(21(27)12-19)32-15-17-7-3-2-4-8-17/h2-13H,14-15H2,1H3,(H,28,31)/b22-13+. The second-order valence-corrected chi connectivity index (χ2v) is 8.27. The van der Waals surface area contributed by atoms with E-state index in [1.54, 1.807) is 18.2 Å². The molecule has 0 saturated carbocycles. The van der Waals surface area contributed by atoms with Gasteiger partial charge in [-0.3, -0.25) is 9.69 Å². The zero-order valence-corrected chi connectivity index (χ0v) is 18.8. The summed E-state index contributed by atoms with van der Waals surface area (Å²) in [7, 11) is 0. The minimum Gasteiger partial charge on any atom is -0.486 e. The number of benzene rings is 3. The van der Waals surface area contributed by atoms with E-state index >= 15 is 0 Å². The van der Waals surface area contributed by atoms with Crippen molar-refractivity contribution in [2.75, 3.05) is 0 Å². The summed E-state index contributed by atoms with van der Waals surface area (Å²) >= 11 is 12.8. The molecule has 4 rings (SSSR count). The van der Waals surface area contributed by atoms with Crippen LogP contribution in [0.2, 0.25) is 10.0 Å². The third kappa shape index (κ3) is 4.96. The summed E-state index contributed by atoms with van der Waals surface area (Å²) in [6.07, 6.45) is 1.55. The molecule has 1 saturated heterocycles. The van der Waals surface area contributed by atoms with Gasteiger partial charge in [-0.15, -0.1) is 0 Å². The average molecular weight is 467 g/mol. The highest BCUT2D eigenvalue weighted by Crippen LogP contribution is 2.35. The molecule has 7 heteroatoms. The molecule has 0 aromatic heterocycles. The van der Waals surface area contributed by atoms with Crippen LogP contribution in [0.25, 0.3) is 6.08 Å². The Morgan fingerprint density at radius 1 is 0.938 bits per heavy atom. The van der Waals surface area contributed by atoms with Crippen molar-refractivity contribution < 1.29 is 14.3 Å². The summed E-state index contributed by atoms with van der Waals surface area (Å²) in [4.78, 5) is 26.3. The molecular formula is C25H20Cl2N2O3. The lowest BCUT2D eigenvalue weighted by Crippen LogP contribution is -2.30. The fourth-order valence-corrected chi connectivity index (χ4v) is 4.02. The molecule has 1 N–H and O–H groups in total. The van der Waals surface area contributed by atoms with E-state index in [-0.39, 0.29) is 12.2 Å². The SMILES string of the molecule is Cc1cccc(CN2C(=O)N/C(=C/c3cc(Cl)c(OCc4ccccc4)c(Cl)c3)C2=O)c1. The van der Waals surface area contributed by atoms with Crippen LogP contribution in [0.1, 0.15) is 22.3 Å². The van der Waals surface area contributed by atoms with Gasteiger partial charge in [-0.25, -0.2) is 4.79 Å². The van der Waals surface area contributed by atoms with Crippen molar-refractivity contribution in [3.8, 4) is 5.75 Å². The van der Waals surface area contributed by atoms with E-state index in [4.69, 9.17) is 27.9 Å². The number of urea groups is 1. The third-order valence-electron chi connectivity index (χ3n) is 4.94.